The molecule has 9 heteroatoms. The molecular weight excluding hydrogens is 412 g/mol. The first kappa shape index (κ1) is 18.2. The molecule has 0 spiro atoms. The Morgan fingerprint density at radius 3 is 2.70 bits per heavy atom. The molecule has 1 atom stereocenters. The fourth-order valence-electron chi connectivity index (χ4n) is 2.94. The molecule has 0 radical (unpaired) electrons. The summed E-state index contributed by atoms with van der Waals surface area (Å²) >= 11 is 12.1. The number of halogens is 3. The van der Waals surface area contributed by atoms with Crippen molar-refractivity contribution in [3.63, 3.8) is 0 Å². The third-order valence-electron chi connectivity index (χ3n) is 4.14. The smallest absolute Gasteiger partial charge is 0.261 e. The molecule has 0 aliphatic carbocycles. The van der Waals surface area contributed by atoms with Crippen molar-refractivity contribution < 1.29 is 13.4 Å². The second kappa shape index (κ2) is 7.07. The standard InChI is InChI=1S/C18H12Cl2FN3O2S/c19-10-3-1-4-11(7-10)24-17(12-8-27(26)9-15(12)23-24)22-18(25)16-13(20)5-2-6-14(16)21/h1-7H,8-9H2,(H,22,25)/t27-/m1/s1. The minimum atomic E-state index is -1.09. The van der Waals surface area contributed by atoms with Crippen molar-refractivity contribution in [3.8, 4) is 5.69 Å². The van der Waals surface area contributed by atoms with E-state index in [0.717, 1.165) is 6.07 Å². The van der Waals surface area contributed by atoms with Crippen LogP contribution < -0.4 is 5.32 Å². The highest BCUT2D eigenvalue weighted by Crippen LogP contribution is 2.32. The summed E-state index contributed by atoms with van der Waals surface area (Å²) < 4.78 is 27.5. The lowest BCUT2D eigenvalue weighted by atomic mass is 10.2. The van der Waals surface area contributed by atoms with Crippen LogP contribution in [0.4, 0.5) is 10.2 Å². The first-order valence-electron chi connectivity index (χ1n) is 7.91. The molecule has 27 heavy (non-hydrogen) atoms. The Balaban J connectivity index is 1.80. The number of fused-ring (bicyclic) bond motifs is 1. The lowest BCUT2D eigenvalue weighted by Crippen LogP contribution is -2.18. The monoisotopic (exact) mass is 423 g/mol. The quantitative estimate of drug-likeness (QED) is 0.681. The van der Waals surface area contributed by atoms with Crippen LogP contribution in [0, 0.1) is 5.82 Å². The van der Waals surface area contributed by atoms with Crippen LogP contribution in [0.5, 0.6) is 0 Å². The summed E-state index contributed by atoms with van der Waals surface area (Å²) in [6.45, 7) is 0. The van der Waals surface area contributed by atoms with Crippen molar-refractivity contribution in [3.05, 3.63) is 75.1 Å². The van der Waals surface area contributed by atoms with Crippen LogP contribution >= 0.6 is 23.2 Å². The minimum absolute atomic E-state index is 0.00143. The van der Waals surface area contributed by atoms with E-state index < -0.39 is 22.5 Å². The highest BCUT2D eigenvalue weighted by atomic mass is 35.5. The van der Waals surface area contributed by atoms with E-state index in [1.165, 1.54) is 16.8 Å². The topological polar surface area (TPSA) is 64.0 Å². The van der Waals surface area contributed by atoms with Gasteiger partial charge in [0.2, 0.25) is 0 Å². The van der Waals surface area contributed by atoms with Gasteiger partial charge in [-0.1, -0.05) is 35.3 Å². The highest BCUT2D eigenvalue weighted by Gasteiger charge is 2.29. The Morgan fingerprint density at radius 1 is 1.19 bits per heavy atom. The fourth-order valence-corrected chi connectivity index (χ4v) is 4.63. The maximum Gasteiger partial charge on any atom is 0.261 e. The molecule has 5 nitrogen and oxygen atoms in total. The normalized spacial score (nSPS) is 15.6. The van der Waals surface area contributed by atoms with Crippen molar-refractivity contribution in [2.45, 2.75) is 11.5 Å². The van der Waals surface area contributed by atoms with Gasteiger partial charge in [-0.25, -0.2) is 9.07 Å². The molecule has 1 aliphatic rings. The summed E-state index contributed by atoms with van der Waals surface area (Å²) in [5.41, 5.74) is 1.65. The van der Waals surface area contributed by atoms with E-state index in [0.29, 0.717) is 33.5 Å². The van der Waals surface area contributed by atoms with E-state index in [1.54, 1.807) is 24.3 Å². The number of aromatic nitrogens is 2. The number of carbonyl (C=O) groups is 1. The number of nitrogens with one attached hydrogen (secondary N) is 1. The zero-order chi connectivity index (χ0) is 19.1. The molecule has 0 unspecified atom stereocenters. The average molecular weight is 424 g/mol. The van der Waals surface area contributed by atoms with Crippen molar-refractivity contribution in [2.24, 2.45) is 0 Å². The maximum absolute atomic E-state index is 14.1. The SMILES string of the molecule is O=C(Nc1c2c(nn1-c1cccc(Cl)c1)C[S@](=O)C2)c1c(F)cccc1Cl. The average Bonchev–Trinajstić information content (AvgIpc) is 3.12. The van der Waals surface area contributed by atoms with Gasteiger partial charge in [0.25, 0.3) is 5.91 Å². The van der Waals surface area contributed by atoms with Gasteiger partial charge in [-0.05, 0) is 30.3 Å². The Kier molecular flexibility index (Phi) is 4.75. The van der Waals surface area contributed by atoms with Crippen LogP contribution in [0.3, 0.4) is 0 Å². The summed E-state index contributed by atoms with van der Waals surface area (Å²) in [4.78, 5) is 12.7. The van der Waals surface area contributed by atoms with E-state index >= 15 is 0 Å². The van der Waals surface area contributed by atoms with Crippen molar-refractivity contribution in [1.82, 2.24) is 9.78 Å². The molecule has 1 amide bonds. The number of nitrogens with zero attached hydrogens (tertiary/aromatic N) is 2. The van der Waals surface area contributed by atoms with Gasteiger partial charge in [0, 0.05) is 21.4 Å². The predicted molar refractivity (Wildman–Crippen MR) is 103 cm³/mol. The summed E-state index contributed by atoms with van der Waals surface area (Å²) in [5.74, 6) is -0.541. The van der Waals surface area contributed by atoms with Gasteiger partial charge in [-0.2, -0.15) is 5.10 Å². The molecule has 0 bridgehead atoms. The van der Waals surface area contributed by atoms with E-state index in [9.17, 15) is 13.4 Å². The third kappa shape index (κ3) is 3.38. The predicted octanol–water partition coefficient (Wildman–Crippen LogP) is 4.33. The third-order valence-corrected chi connectivity index (χ3v) is 5.90. The van der Waals surface area contributed by atoms with Gasteiger partial charge in [0.05, 0.1) is 33.5 Å². The summed E-state index contributed by atoms with van der Waals surface area (Å²) in [6, 6.07) is 11.0. The van der Waals surface area contributed by atoms with Crippen molar-refractivity contribution >= 4 is 45.7 Å². The summed E-state index contributed by atoms with van der Waals surface area (Å²) in [7, 11) is -1.09. The second-order valence-electron chi connectivity index (χ2n) is 5.94. The van der Waals surface area contributed by atoms with Gasteiger partial charge >= 0.3 is 0 Å². The van der Waals surface area contributed by atoms with Gasteiger partial charge in [0.1, 0.15) is 11.6 Å². The lowest BCUT2D eigenvalue weighted by molar-refractivity contribution is 0.102. The molecule has 0 fully saturated rings. The Morgan fingerprint density at radius 2 is 1.96 bits per heavy atom. The van der Waals surface area contributed by atoms with Crippen molar-refractivity contribution in [1.29, 1.82) is 0 Å². The van der Waals surface area contributed by atoms with Crippen molar-refractivity contribution in [2.75, 3.05) is 5.32 Å². The van der Waals surface area contributed by atoms with Gasteiger partial charge in [0.15, 0.2) is 0 Å². The largest absolute Gasteiger partial charge is 0.306 e. The zero-order valence-corrected chi connectivity index (χ0v) is 16.0. The Hall–Kier alpha value is -2.22. The number of hydrogen-bond acceptors (Lipinski definition) is 3. The molecule has 138 valence electrons. The van der Waals surface area contributed by atoms with Gasteiger partial charge < -0.3 is 5.32 Å². The number of benzene rings is 2. The molecule has 2 aromatic carbocycles. The van der Waals surface area contributed by atoms with E-state index in [-0.39, 0.29) is 16.3 Å². The van der Waals surface area contributed by atoms with Gasteiger partial charge in [-0.15, -0.1) is 0 Å². The van der Waals surface area contributed by atoms with Gasteiger partial charge in [-0.3, -0.25) is 9.00 Å². The molecule has 0 saturated carbocycles. The minimum Gasteiger partial charge on any atom is -0.306 e. The molecule has 3 aromatic rings. The number of carbonyl (C=O) groups excluding carboxylic acids is 1. The molecule has 4 rings (SSSR count). The van der Waals surface area contributed by atoms with E-state index in [1.807, 2.05) is 0 Å². The Bertz CT molecular complexity index is 1080. The van der Waals surface area contributed by atoms with Crippen LogP contribution in [0.1, 0.15) is 21.6 Å². The molecular formula is C18H12Cl2FN3O2S. The van der Waals surface area contributed by atoms with Crippen LogP contribution in [-0.2, 0) is 22.3 Å². The summed E-state index contributed by atoms with van der Waals surface area (Å²) in [6.07, 6.45) is 0. The highest BCUT2D eigenvalue weighted by molar-refractivity contribution is 7.83. The maximum atomic E-state index is 14.1. The molecule has 0 saturated heterocycles. The first-order chi connectivity index (χ1) is 12.9. The first-order valence-corrected chi connectivity index (χ1v) is 10.2. The number of amides is 1. The molecule has 1 N–H and O–H groups in total. The van der Waals surface area contributed by atoms with Crippen LogP contribution in [0.2, 0.25) is 10.0 Å². The Labute approximate surface area is 166 Å². The molecule has 1 aromatic heterocycles. The van der Waals surface area contributed by atoms with E-state index in [2.05, 4.69) is 10.4 Å². The number of anilines is 1. The van der Waals surface area contributed by atoms with Crippen LogP contribution in [-0.4, -0.2) is 19.9 Å². The summed E-state index contributed by atoms with van der Waals surface area (Å²) in [5, 5.41) is 7.66. The zero-order valence-electron chi connectivity index (χ0n) is 13.7. The molecule has 2 heterocycles. The van der Waals surface area contributed by atoms with Crippen LogP contribution in [0.25, 0.3) is 5.69 Å². The number of hydrogen-bond donors (Lipinski definition) is 1. The fraction of sp³-hybridized carbons (Fsp3) is 0.111. The molecule has 1 aliphatic heterocycles. The van der Waals surface area contributed by atoms with E-state index in [4.69, 9.17) is 23.2 Å². The second-order valence-corrected chi connectivity index (χ2v) is 8.25. The number of rotatable bonds is 3. The van der Waals surface area contributed by atoms with Crippen LogP contribution in [0.15, 0.2) is 42.5 Å². The lowest BCUT2D eigenvalue weighted by Gasteiger charge is -2.12.